The van der Waals surface area contributed by atoms with E-state index in [-0.39, 0.29) is 0 Å². The zero-order chi connectivity index (χ0) is 15.2. The van der Waals surface area contributed by atoms with Crippen molar-refractivity contribution in [1.29, 1.82) is 0 Å². The predicted molar refractivity (Wildman–Crippen MR) is 87.1 cm³/mol. The highest BCUT2D eigenvalue weighted by molar-refractivity contribution is 6.31. The Balaban J connectivity index is 2.06. The SMILES string of the molecule is COc1cccc(Cl)c1CNCc1cnccc1N(C)C. The van der Waals surface area contributed by atoms with Crippen LogP contribution in [0.3, 0.4) is 0 Å². The van der Waals surface area contributed by atoms with Crippen molar-refractivity contribution in [2.75, 3.05) is 26.1 Å². The number of nitrogens with one attached hydrogen (secondary N) is 1. The first-order valence-electron chi connectivity index (χ1n) is 6.75. The summed E-state index contributed by atoms with van der Waals surface area (Å²) in [5, 5.41) is 4.11. The van der Waals surface area contributed by atoms with E-state index in [1.165, 1.54) is 0 Å². The molecule has 112 valence electrons. The molecule has 4 nitrogen and oxygen atoms in total. The van der Waals surface area contributed by atoms with E-state index in [1.807, 2.05) is 44.6 Å². The van der Waals surface area contributed by atoms with Crippen LogP contribution in [0.25, 0.3) is 0 Å². The number of hydrogen-bond acceptors (Lipinski definition) is 4. The van der Waals surface area contributed by atoms with Gasteiger partial charge in [0.25, 0.3) is 0 Å². The molecule has 0 radical (unpaired) electrons. The normalized spacial score (nSPS) is 10.5. The van der Waals surface area contributed by atoms with Gasteiger partial charge in [-0.3, -0.25) is 4.98 Å². The van der Waals surface area contributed by atoms with Crippen LogP contribution in [0.15, 0.2) is 36.7 Å². The Labute approximate surface area is 130 Å². The predicted octanol–water partition coefficient (Wildman–Crippen LogP) is 3.10. The van der Waals surface area contributed by atoms with Crippen LogP contribution >= 0.6 is 11.6 Å². The Morgan fingerprint density at radius 1 is 1.24 bits per heavy atom. The summed E-state index contributed by atoms with van der Waals surface area (Å²) in [7, 11) is 5.70. The number of aromatic nitrogens is 1. The van der Waals surface area contributed by atoms with Gasteiger partial charge in [-0.1, -0.05) is 17.7 Å². The molecule has 0 atom stereocenters. The highest BCUT2D eigenvalue weighted by Gasteiger charge is 2.08. The summed E-state index contributed by atoms with van der Waals surface area (Å²) >= 11 is 6.23. The Hall–Kier alpha value is -1.78. The van der Waals surface area contributed by atoms with Crippen molar-refractivity contribution in [3.63, 3.8) is 0 Å². The number of methoxy groups -OCH3 is 1. The summed E-state index contributed by atoms with van der Waals surface area (Å²) < 4.78 is 5.35. The van der Waals surface area contributed by atoms with Crippen molar-refractivity contribution in [2.24, 2.45) is 0 Å². The molecule has 0 unspecified atom stereocenters. The summed E-state index contributed by atoms with van der Waals surface area (Å²) in [4.78, 5) is 6.27. The van der Waals surface area contributed by atoms with E-state index in [1.54, 1.807) is 13.3 Å². The van der Waals surface area contributed by atoms with Crippen molar-refractivity contribution in [2.45, 2.75) is 13.1 Å². The first-order chi connectivity index (χ1) is 10.1. The lowest BCUT2D eigenvalue weighted by Crippen LogP contribution is -2.18. The van der Waals surface area contributed by atoms with Crippen LogP contribution in [0.2, 0.25) is 5.02 Å². The maximum atomic E-state index is 6.23. The lowest BCUT2D eigenvalue weighted by Gasteiger charge is -2.17. The number of halogens is 1. The summed E-state index contributed by atoms with van der Waals surface area (Å²) in [5.74, 6) is 0.800. The molecular weight excluding hydrogens is 286 g/mol. The van der Waals surface area contributed by atoms with Crippen molar-refractivity contribution in [1.82, 2.24) is 10.3 Å². The quantitative estimate of drug-likeness (QED) is 0.890. The number of ether oxygens (including phenoxy) is 1. The van der Waals surface area contributed by atoms with Gasteiger partial charge in [-0.05, 0) is 18.2 Å². The second-order valence-electron chi connectivity index (χ2n) is 4.92. The third-order valence-electron chi connectivity index (χ3n) is 3.27. The summed E-state index contributed by atoms with van der Waals surface area (Å²) in [6.07, 6.45) is 3.68. The van der Waals surface area contributed by atoms with Crippen molar-refractivity contribution < 1.29 is 4.74 Å². The first-order valence-corrected chi connectivity index (χ1v) is 7.13. The molecule has 2 rings (SSSR count). The van der Waals surface area contributed by atoms with E-state index in [0.29, 0.717) is 11.6 Å². The van der Waals surface area contributed by atoms with Crippen LogP contribution < -0.4 is 15.0 Å². The molecular formula is C16H20ClN3O. The summed E-state index contributed by atoms with van der Waals surface area (Å²) in [5.41, 5.74) is 3.27. The fourth-order valence-corrected chi connectivity index (χ4v) is 2.45. The maximum absolute atomic E-state index is 6.23. The van der Waals surface area contributed by atoms with Crippen LogP contribution in [0.1, 0.15) is 11.1 Å². The third-order valence-corrected chi connectivity index (χ3v) is 3.63. The van der Waals surface area contributed by atoms with Gasteiger partial charge in [0.15, 0.2) is 0 Å². The Kier molecular flexibility index (Phi) is 5.42. The van der Waals surface area contributed by atoms with Gasteiger partial charge in [-0.25, -0.2) is 0 Å². The van der Waals surface area contributed by atoms with E-state index in [9.17, 15) is 0 Å². The standard InChI is InChI=1S/C16H20ClN3O/c1-20(2)15-7-8-18-9-12(15)10-19-11-13-14(17)5-4-6-16(13)21-3/h4-9,19H,10-11H2,1-3H3. The van der Waals surface area contributed by atoms with E-state index in [0.717, 1.165) is 29.1 Å². The Morgan fingerprint density at radius 3 is 2.76 bits per heavy atom. The zero-order valence-corrected chi connectivity index (χ0v) is 13.3. The fourth-order valence-electron chi connectivity index (χ4n) is 2.22. The average molecular weight is 306 g/mol. The number of nitrogens with zero attached hydrogens (tertiary/aromatic N) is 2. The number of hydrogen-bond donors (Lipinski definition) is 1. The van der Waals surface area contributed by atoms with E-state index < -0.39 is 0 Å². The smallest absolute Gasteiger partial charge is 0.124 e. The summed E-state index contributed by atoms with van der Waals surface area (Å²) in [6.45, 7) is 1.36. The molecule has 0 fully saturated rings. The van der Waals surface area contributed by atoms with Crippen LogP contribution in [0.5, 0.6) is 5.75 Å². The van der Waals surface area contributed by atoms with Gasteiger partial charge in [-0.15, -0.1) is 0 Å². The fraction of sp³-hybridized carbons (Fsp3) is 0.312. The molecule has 0 aliphatic carbocycles. The van der Waals surface area contributed by atoms with Crippen molar-refractivity contribution in [3.8, 4) is 5.75 Å². The largest absolute Gasteiger partial charge is 0.496 e. The lowest BCUT2D eigenvalue weighted by molar-refractivity contribution is 0.407. The monoisotopic (exact) mass is 305 g/mol. The minimum absolute atomic E-state index is 0.643. The third kappa shape index (κ3) is 3.86. The molecule has 0 saturated carbocycles. The molecule has 0 spiro atoms. The molecule has 0 bridgehead atoms. The Bertz CT molecular complexity index is 602. The first kappa shape index (κ1) is 15.6. The minimum atomic E-state index is 0.643. The molecule has 21 heavy (non-hydrogen) atoms. The highest BCUT2D eigenvalue weighted by Crippen LogP contribution is 2.26. The number of pyridine rings is 1. The van der Waals surface area contributed by atoms with Gasteiger partial charge < -0.3 is 15.0 Å². The van der Waals surface area contributed by atoms with Crippen LogP contribution in [-0.4, -0.2) is 26.2 Å². The highest BCUT2D eigenvalue weighted by atomic mass is 35.5. The second-order valence-corrected chi connectivity index (χ2v) is 5.33. The van der Waals surface area contributed by atoms with Crippen molar-refractivity contribution >= 4 is 17.3 Å². The average Bonchev–Trinajstić information content (AvgIpc) is 2.49. The molecule has 1 aromatic carbocycles. The molecule has 0 amide bonds. The summed E-state index contributed by atoms with van der Waals surface area (Å²) in [6, 6.07) is 7.68. The Morgan fingerprint density at radius 2 is 2.05 bits per heavy atom. The van der Waals surface area contributed by atoms with E-state index >= 15 is 0 Å². The van der Waals surface area contributed by atoms with Gasteiger partial charge in [0.05, 0.1) is 7.11 Å². The molecule has 1 aromatic heterocycles. The number of rotatable bonds is 6. The van der Waals surface area contributed by atoms with Crippen LogP contribution in [0.4, 0.5) is 5.69 Å². The van der Waals surface area contributed by atoms with E-state index in [2.05, 4.69) is 15.2 Å². The molecule has 0 saturated heterocycles. The molecule has 5 heteroatoms. The molecule has 0 aliphatic heterocycles. The van der Waals surface area contributed by atoms with Gasteiger partial charge in [-0.2, -0.15) is 0 Å². The number of anilines is 1. The van der Waals surface area contributed by atoms with Gasteiger partial charge >= 0.3 is 0 Å². The minimum Gasteiger partial charge on any atom is -0.496 e. The molecule has 2 aromatic rings. The van der Waals surface area contributed by atoms with Crippen LogP contribution in [0, 0.1) is 0 Å². The second kappa shape index (κ2) is 7.29. The zero-order valence-electron chi connectivity index (χ0n) is 12.6. The molecule has 1 N–H and O–H groups in total. The maximum Gasteiger partial charge on any atom is 0.124 e. The molecule has 1 heterocycles. The van der Waals surface area contributed by atoms with Crippen LogP contribution in [-0.2, 0) is 13.1 Å². The van der Waals surface area contributed by atoms with Gasteiger partial charge in [0, 0.05) is 61.4 Å². The topological polar surface area (TPSA) is 37.4 Å². The number of benzene rings is 1. The molecule has 0 aliphatic rings. The van der Waals surface area contributed by atoms with E-state index in [4.69, 9.17) is 16.3 Å². The van der Waals surface area contributed by atoms with Gasteiger partial charge in [0.2, 0.25) is 0 Å². The lowest BCUT2D eigenvalue weighted by atomic mass is 10.2. The van der Waals surface area contributed by atoms with Crippen molar-refractivity contribution in [3.05, 3.63) is 52.8 Å². The van der Waals surface area contributed by atoms with Gasteiger partial charge in [0.1, 0.15) is 5.75 Å².